The molecule has 1 fully saturated rings. The molecule has 102 valence electrons. The summed E-state index contributed by atoms with van der Waals surface area (Å²) in [4.78, 5) is 0. The maximum atomic E-state index is 9.11. The van der Waals surface area contributed by atoms with E-state index < -0.39 is 6.29 Å². The van der Waals surface area contributed by atoms with E-state index in [-0.39, 0.29) is 6.29 Å². The lowest BCUT2D eigenvalue weighted by Crippen LogP contribution is -2.24. The Bertz CT molecular complexity index is 170. The summed E-state index contributed by atoms with van der Waals surface area (Å²) in [6.07, 6.45) is 3.16. The van der Waals surface area contributed by atoms with Crippen LogP contribution in [0.25, 0.3) is 0 Å². The Labute approximate surface area is 103 Å². The van der Waals surface area contributed by atoms with Crippen molar-refractivity contribution in [2.45, 2.75) is 45.2 Å². The molecule has 0 radical (unpaired) electrons. The molecule has 0 aliphatic carbocycles. The van der Waals surface area contributed by atoms with Gasteiger partial charge in [-0.15, -0.1) is 0 Å². The third-order valence-electron chi connectivity index (χ3n) is 2.56. The average Bonchev–Trinajstić information content (AvgIpc) is 2.38. The fourth-order valence-electron chi connectivity index (χ4n) is 1.54. The predicted molar refractivity (Wildman–Crippen MR) is 62.6 cm³/mol. The average molecular weight is 248 g/mol. The van der Waals surface area contributed by atoms with Crippen molar-refractivity contribution in [3.05, 3.63) is 0 Å². The molecule has 0 aromatic rings. The minimum atomic E-state index is -0.675. The number of aliphatic hydroxyl groups excluding tert-OH is 1. The van der Waals surface area contributed by atoms with Gasteiger partial charge in [-0.05, 0) is 25.7 Å². The Kier molecular flexibility index (Phi) is 8.56. The zero-order chi connectivity index (χ0) is 12.3. The smallest absolute Gasteiger partial charge is 0.157 e. The SMILES string of the molecule is CCC(O)OCCOCCOC1CCCCO1. The van der Waals surface area contributed by atoms with Crippen LogP contribution in [0.3, 0.4) is 0 Å². The van der Waals surface area contributed by atoms with Crippen LogP contribution in [0.1, 0.15) is 32.6 Å². The molecule has 2 unspecified atom stereocenters. The highest BCUT2D eigenvalue weighted by Crippen LogP contribution is 2.13. The fraction of sp³-hybridized carbons (Fsp3) is 1.00. The van der Waals surface area contributed by atoms with Gasteiger partial charge in [0.15, 0.2) is 12.6 Å². The molecular formula is C12H24O5. The first kappa shape index (κ1) is 14.9. The molecule has 0 spiro atoms. The monoisotopic (exact) mass is 248 g/mol. The molecule has 5 heteroatoms. The van der Waals surface area contributed by atoms with Gasteiger partial charge >= 0.3 is 0 Å². The molecule has 1 rings (SSSR count). The van der Waals surface area contributed by atoms with Gasteiger partial charge < -0.3 is 24.1 Å². The Morgan fingerprint density at radius 1 is 1.24 bits per heavy atom. The van der Waals surface area contributed by atoms with Crippen LogP contribution in [0.2, 0.25) is 0 Å². The lowest BCUT2D eigenvalue weighted by Gasteiger charge is -2.22. The van der Waals surface area contributed by atoms with E-state index in [4.69, 9.17) is 24.1 Å². The number of hydrogen-bond acceptors (Lipinski definition) is 5. The second-order valence-corrected chi connectivity index (χ2v) is 4.01. The lowest BCUT2D eigenvalue weighted by molar-refractivity contribution is -0.171. The highest BCUT2D eigenvalue weighted by molar-refractivity contribution is 4.53. The van der Waals surface area contributed by atoms with Gasteiger partial charge in [-0.1, -0.05) is 6.92 Å². The third kappa shape index (κ3) is 7.68. The van der Waals surface area contributed by atoms with E-state index in [9.17, 15) is 0 Å². The van der Waals surface area contributed by atoms with Crippen LogP contribution >= 0.6 is 0 Å². The van der Waals surface area contributed by atoms with Crippen molar-refractivity contribution in [2.75, 3.05) is 33.0 Å². The van der Waals surface area contributed by atoms with Crippen molar-refractivity contribution >= 4 is 0 Å². The molecule has 0 aromatic heterocycles. The van der Waals surface area contributed by atoms with Crippen LogP contribution in [0.4, 0.5) is 0 Å². The van der Waals surface area contributed by atoms with Gasteiger partial charge in [0.2, 0.25) is 0 Å². The molecule has 0 bridgehead atoms. The summed E-state index contributed by atoms with van der Waals surface area (Å²) < 4.78 is 21.3. The van der Waals surface area contributed by atoms with Crippen LogP contribution in [-0.4, -0.2) is 50.7 Å². The highest BCUT2D eigenvalue weighted by Gasteiger charge is 2.13. The molecule has 0 amide bonds. The molecule has 0 aromatic carbocycles. The van der Waals surface area contributed by atoms with E-state index in [1.807, 2.05) is 6.92 Å². The van der Waals surface area contributed by atoms with Gasteiger partial charge in [-0.25, -0.2) is 0 Å². The Morgan fingerprint density at radius 2 is 2.06 bits per heavy atom. The largest absolute Gasteiger partial charge is 0.377 e. The summed E-state index contributed by atoms with van der Waals surface area (Å²) in [5.41, 5.74) is 0. The fourth-order valence-corrected chi connectivity index (χ4v) is 1.54. The summed E-state index contributed by atoms with van der Waals surface area (Å²) in [6.45, 7) is 4.63. The van der Waals surface area contributed by atoms with E-state index in [2.05, 4.69) is 0 Å². The van der Waals surface area contributed by atoms with E-state index in [1.54, 1.807) is 0 Å². The molecule has 1 N–H and O–H groups in total. The van der Waals surface area contributed by atoms with Crippen molar-refractivity contribution in [3.63, 3.8) is 0 Å². The minimum absolute atomic E-state index is 0.0505. The second-order valence-electron chi connectivity index (χ2n) is 4.01. The summed E-state index contributed by atoms with van der Waals surface area (Å²) >= 11 is 0. The summed E-state index contributed by atoms with van der Waals surface area (Å²) in [5, 5.41) is 9.11. The molecule has 1 aliphatic heterocycles. The van der Waals surface area contributed by atoms with Crippen LogP contribution in [0.15, 0.2) is 0 Å². The lowest BCUT2D eigenvalue weighted by atomic mass is 10.2. The first-order valence-electron chi connectivity index (χ1n) is 6.43. The van der Waals surface area contributed by atoms with Crippen LogP contribution in [0, 0.1) is 0 Å². The zero-order valence-corrected chi connectivity index (χ0v) is 10.6. The van der Waals surface area contributed by atoms with Gasteiger partial charge in [0, 0.05) is 6.61 Å². The van der Waals surface area contributed by atoms with E-state index in [0.29, 0.717) is 32.8 Å². The van der Waals surface area contributed by atoms with Crippen molar-refractivity contribution in [1.29, 1.82) is 0 Å². The molecule has 17 heavy (non-hydrogen) atoms. The van der Waals surface area contributed by atoms with E-state index in [0.717, 1.165) is 19.4 Å². The maximum Gasteiger partial charge on any atom is 0.157 e. The van der Waals surface area contributed by atoms with Crippen molar-refractivity contribution in [1.82, 2.24) is 0 Å². The van der Waals surface area contributed by atoms with E-state index >= 15 is 0 Å². The summed E-state index contributed by atoms with van der Waals surface area (Å²) in [7, 11) is 0. The Balaban J connectivity index is 1.80. The topological polar surface area (TPSA) is 57.2 Å². The maximum absolute atomic E-state index is 9.11. The van der Waals surface area contributed by atoms with Crippen LogP contribution < -0.4 is 0 Å². The van der Waals surface area contributed by atoms with Gasteiger partial charge in [0.1, 0.15) is 0 Å². The Morgan fingerprint density at radius 3 is 2.76 bits per heavy atom. The van der Waals surface area contributed by atoms with E-state index in [1.165, 1.54) is 6.42 Å². The molecule has 1 saturated heterocycles. The normalized spacial score (nSPS) is 22.6. The van der Waals surface area contributed by atoms with Gasteiger partial charge in [-0.3, -0.25) is 0 Å². The van der Waals surface area contributed by atoms with Crippen molar-refractivity contribution < 1.29 is 24.1 Å². The molecule has 2 atom stereocenters. The quantitative estimate of drug-likeness (QED) is 0.492. The molecule has 1 aliphatic rings. The van der Waals surface area contributed by atoms with Crippen molar-refractivity contribution in [3.8, 4) is 0 Å². The van der Waals surface area contributed by atoms with Crippen molar-refractivity contribution in [2.24, 2.45) is 0 Å². The molecule has 1 heterocycles. The van der Waals surface area contributed by atoms with Crippen LogP contribution in [-0.2, 0) is 18.9 Å². The predicted octanol–water partition coefficient (Wildman–Crippen LogP) is 1.29. The zero-order valence-electron chi connectivity index (χ0n) is 10.6. The first-order valence-corrected chi connectivity index (χ1v) is 6.43. The summed E-state index contributed by atoms with van der Waals surface area (Å²) in [5.74, 6) is 0. The second kappa shape index (κ2) is 9.79. The molecule has 5 nitrogen and oxygen atoms in total. The Hall–Kier alpha value is -0.200. The van der Waals surface area contributed by atoms with Gasteiger partial charge in [0.25, 0.3) is 0 Å². The minimum Gasteiger partial charge on any atom is -0.377 e. The number of rotatable bonds is 9. The number of hydrogen-bond donors (Lipinski definition) is 1. The number of aliphatic hydroxyl groups is 1. The first-order chi connectivity index (χ1) is 8.33. The van der Waals surface area contributed by atoms with Gasteiger partial charge in [-0.2, -0.15) is 0 Å². The standard InChI is InChI=1S/C12H24O5/c1-2-11(13)15-9-7-14-8-10-17-12-5-3-4-6-16-12/h11-13H,2-10H2,1H3. The summed E-state index contributed by atoms with van der Waals surface area (Å²) in [6, 6.07) is 0. The molecule has 0 saturated carbocycles. The molecular weight excluding hydrogens is 224 g/mol. The number of ether oxygens (including phenoxy) is 4. The third-order valence-corrected chi connectivity index (χ3v) is 2.56. The van der Waals surface area contributed by atoms with Gasteiger partial charge in [0.05, 0.1) is 26.4 Å². The highest BCUT2D eigenvalue weighted by atomic mass is 16.7. The van der Waals surface area contributed by atoms with Crippen LogP contribution in [0.5, 0.6) is 0 Å².